The van der Waals surface area contributed by atoms with Gasteiger partial charge in [-0.1, -0.05) is 11.8 Å². The molecular formula is C8H13N3O2S2. The lowest BCUT2D eigenvalue weighted by atomic mass is 10.0. The molecule has 1 heterocycles. The van der Waals surface area contributed by atoms with Gasteiger partial charge in [-0.2, -0.15) is 4.37 Å². The van der Waals surface area contributed by atoms with Crippen LogP contribution in [0.5, 0.6) is 0 Å². The van der Waals surface area contributed by atoms with Crippen LogP contribution in [0.4, 0.5) is 0 Å². The molecule has 5 nitrogen and oxygen atoms in total. The highest BCUT2D eigenvalue weighted by Gasteiger charge is 2.27. The molecule has 0 saturated carbocycles. The quantitative estimate of drug-likeness (QED) is 0.758. The van der Waals surface area contributed by atoms with Crippen LogP contribution in [0.25, 0.3) is 0 Å². The van der Waals surface area contributed by atoms with Crippen molar-refractivity contribution in [3.8, 4) is 0 Å². The lowest BCUT2D eigenvalue weighted by Gasteiger charge is -2.17. The zero-order valence-electron chi connectivity index (χ0n) is 8.56. The molecule has 0 radical (unpaired) electrons. The molecule has 0 amide bonds. The number of aliphatic carboxylic acids is 1. The minimum absolute atomic E-state index is 0.408. The Morgan fingerprint density at radius 3 is 2.87 bits per heavy atom. The summed E-state index contributed by atoms with van der Waals surface area (Å²) in [6, 6.07) is 0. The van der Waals surface area contributed by atoms with Crippen LogP contribution in [0.15, 0.2) is 4.34 Å². The van der Waals surface area contributed by atoms with Crippen molar-refractivity contribution >= 4 is 29.3 Å². The van der Waals surface area contributed by atoms with E-state index in [1.807, 2.05) is 6.92 Å². The van der Waals surface area contributed by atoms with Gasteiger partial charge in [0.1, 0.15) is 11.4 Å². The second-order valence-electron chi connectivity index (χ2n) is 3.43. The number of nitrogens with two attached hydrogens (primary N) is 1. The van der Waals surface area contributed by atoms with Crippen molar-refractivity contribution < 1.29 is 9.90 Å². The number of aryl methyl sites for hydroxylation is 1. The maximum atomic E-state index is 10.7. The highest BCUT2D eigenvalue weighted by molar-refractivity contribution is 8.00. The number of hydrogen-bond acceptors (Lipinski definition) is 6. The van der Waals surface area contributed by atoms with Crippen LogP contribution >= 0.6 is 23.3 Å². The van der Waals surface area contributed by atoms with Gasteiger partial charge in [0.25, 0.3) is 0 Å². The first kappa shape index (κ1) is 12.4. The molecule has 0 aliphatic rings. The Hall–Kier alpha value is -0.660. The van der Waals surface area contributed by atoms with Crippen LogP contribution in [0.2, 0.25) is 0 Å². The summed E-state index contributed by atoms with van der Waals surface area (Å²) >= 11 is 2.81. The van der Waals surface area contributed by atoms with Crippen molar-refractivity contribution in [1.29, 1.82) is 0 Å². The lowest BCUT2D eigenvalue weighted by molar-refractivity contribution is -0.142. The monoisotopic (exact) mass is 247 g/mol. The summed E-state index contributed by atoms with van der Waals surface area (Å²) in [5.41, 5.74) is 4.42. The summed E-state index contributed by atoms with van der Waals surface area (Å²) in [6.07, 6.45) is 0.408. The van der Waals surface area contributed by atoms with Gasteiger partial charge in [0, 0.05) is 5.75 Å². The van der Waals surface area contributed by atoms with E-state index in [0.717, 1.165) is 10.2 Å². The number of nitrogens with zero attached hydrogens (tertiary/aromatic N) is 2. The number of carboxylic acids is 1. The first-order valence-electron chi connectivity index (χ1n) is 4.37. The third-order valence-corrected chi connectivity index (χ3v) is 3.77. The predicted molar refractivity (Wildman–Crippen MR) is 60.2 cm³/mol. The first-order valence-corrected chi connectivity index (χ1v) is 6.13. The Morgan fingerprint density at radius 1 is 1.73 bits per heavy atom. The van der Waals surface area contributed by atoms with Crippen molar-refractivity contribution in [2.45, 2.75) is 30.1 Å². The van der Waals surface area contributed by atoms with Crippen LogP contribution in [0.3, 0.4) is 0 Å². The molecule has 0 bridgehead atoms. The average Bonchev–Trinajstić information content (AvgIpc) is 2.51. The van der Waals surface area contributed by atoms with Gasteiger partial charge in [0.15, 0.2) is 4.34 Å². The number of carbonyl (C=O) groups is 1. The van der Waals surface area contributed by atoms with Crippen LogP contribution in [0.1, 0.15) is 19.2 Å². The predicted octanol–water partition coefficient (Wildman–Crippen LogP) is 1.13. The zero-order valence-corrected chi connectivity index (χ0v) is 10.2. The van der Waals surface area contributed by atoms with Crippen molar-refractivity contribution in [1.82, 2.24) is 9.36 Å². The molecule has 1 rings (SSSR count). The van der Waals surface area contributed by atoms with E-state index >= 15 is 0 Å². The van der Waals surface area contributed by atoms with E-state index in [-0.39, 0.29) is 0 Å². The van der Waals surface area contributed by atoms with E-state index in [1.54, 1.807) is 0 Å². The second-order valence-corrected chi connectivity index (χ2v) is 5.52. The van der Waals surface area contributed by atoms with E-state index < -0.39 is 11.5 Å². The molecule has 1 unspecified atom stereocenters. The molecule has 15 heavy (non-hydrogen) atoms. The minimum Gasteiger partial charge on any atom is -0.480 e. The van der Waals surface area contributed by atoms with E-state index in [0.29, 0.717) is 12.2 Å². The number of carboxylic acid groups (broad SMARTS) is 1. The SMILES string of the molecule is Cc1nsc(SCCC(C)(N)C(=O)O)n1. The van der Waals surface area contributed by atoms with E-state index in [2.05, 4.69) is 9.36 Å². The Kier molecular flexibility index (Phi) is 4.06. The first-order chi connectivity index (χ1) is 6.92. The molecule has 1 aromatic rings. The van der Waals surface area contributed by atoms with Crippen LogP contribution in [-0.2, 0) is 4.79 Å². The number of hydrogen-bond donors (Lipinski definition) is 2. The highest BCUT2D eigenvalue weighted by Crippen LogP contribution is 2.22. The van der Waals surface area contributed by atoms with Gasteiger partial charge in [0.05, 0.1) is 0 Å². The molecule has 0 saturated heterocycles. The van der Waals surface area contributed by atoms with Gasteiger partial charge < -0.3 is 10.8 Å². The number of aromatic nitrogens is 2. The molecule has 0 spiro atoms. The molecule has 3 N–H and O–H groups in total. The largest absolute Gasteiger partial charge is 0.480 e. The van der Waals surface area contributed by atoms with E-state index in [9.17, 15) is 4.79 Å². The third-order valence-electron chi connectivity index (χ3n) is 1.84. The topological polar surface area (TPSA) is 89.1 Å². The Morgan fingerprint density at radius 2 is 2.40 bits per heavy atom. The van der Waals surface area contributed by atoms with Crippen molar-refractivity contribution in [2.75, 3.05) is 5.75 Å². The zero-order chi connectivity index (χ0) is 11.5. The van der Waals surface area contributed by atoms with E-state index in [4.69, 9.17) is 10.8 Å². The molecule has 84 valence electrons. The third kappa shape index (κ3) is 3.77. The second kappa shape index (κ2) is 4.91. The summed E-state index contributed by atoms with van der Waals surface area (Å²) in [5, 5.41) is 8.78. The maximum Gasteiger partial charge on any atom is 0.323 e. The highest BCUT2D eigenvalue weighted by atomic mass is 32.2. The summed E-state index contributed by atoms with van der Waals surface area (Å²) in [4.78, 5) is 14.9. The lowest BCUT2D eigenvalue weighted by Crippen LogP contribution is -2.45. The van der Waals surface area contributed by atoms with Gasteiger partial charge >= 0.3 is 5.97 Å². The molecule has 1 aromatic heterocycles. The number of thioether (sulfide) groups is 1. The number of rotatable bonds is 5. The molecule has 0 aliphatic carbocycles. The van der Waals surface area contributed by atoms with Crippen LogP contribution < -0.4 is 5.73 Å². The van der Waals surface area contributed by atoms with Crippen molar-refractivity contribution in [3.63, 3.8) is 0 Å². The minimum atomic E-state index is -1.16. The molecule has 7 heteroatoms. The van der Waals surface area contributed by atoms with Crippen molar-refractivity contribution in [2.24, 2.45) is 5.73 Å². The van der Waals surface area contributed by atoms with E-state index in [1.165, 1.54) is 30.2 Å². The summed E-state index contributed by atoms with van der Waals surface area (Å²) in [7, 11) is 0. The van der Waals surface area contributed by atoms with Crippen LogP contribution in [0, 0.1) is 6.92 Å². The normalized spacial score (nSPS) is 14.9. The molecular weight excluding hydrogens is 234 g/mol. The summed E-state index contributed by atoms with van der Waals surface area (Å²) in [6.45, 7) is 3.34. The maximum absolute atomic E-state index is 10.7. The Balaban J connectivity index is 2.36. The van der Waals surface area contributed by atoms with Gasteiger partial charge in [-0.05, 0) is 31.8 Å². The molecule has 0 aromatic carbocycles. The standard InChI is InChI=1S/C8H13N3O2S2/c1-5-10-7(15-11-5)14-4-3-8(2,9)6(12)13/h3-4,9H2,1-2H3,(H,12,13). The molecule has 1 atom stereocenters. The average molecular weight is 247 g/mol. The molecule has 0 fully saturated rings. The van der Waals surface area contributed by atoms with Gasteiger partial charge in [-0.3, -0.25) is 4.79 Å². The van der Waals surface area contributed by atoms with Gasteiger partial charge in [-0.15, -0.1) is 0 Å². The summed E-state index contributed by atoms with van der Waals surface area (Å²) in [5.74, 6) is 0.404. The molecule has 0 aliphatic heterocycles. The Bertz CT molecular complexity index is 351. The fourth-order valence-electron chi connectivity index (χ4n) is 0.794. The van der Waals surface area contributed by atoms with Gasteiger partial charge in [-0.25, -0.2) is 4.98 Å². The fourth-order valence-corrected chi connectivity index (χ4v) is 2.69. The van der Waals surface area contributed by atoms with Gasteiger partial charge in [0.2, 0.25) is 0 Å². The summed E-state index contributed by atoms with van der Waals surface area (Å²) < 4.78 is 4.88. The Labute approximate surface area is 96.3 Å². The van der Waals surface area contributed by atoms with Crippen LogP contribution in [-0.4, -0.2) is 31.7 Å². The fraction of sp³-hybridized carbons (Fsp3) is 0.625. The smallest absolute Gasteiger partial charge is 0.323 e. The van der Waals surface area contributed by atoms with Crippen molar-refractivity contribution in [3.05, 3.63) is 5.82 Å².